The second kappa shape index (κ2) is 4.85. The Hall–Kier alpha value is -1.40. The molecule has 1 N–H and O–H groups in total. The molecule has 1 aromatic carbocycles. The molecule has 2 rings (SSSR count). The highest BCUT2D eigenvalue weighted by molar-refractivity contribution is 9.10. The maximum Gasteiger partial charge on any atom is 0.336 e. The zero-order valence-corrected chi connectivity index (χ0v) is 11.2. The van der Waals surface area contributed by atoms with Crippen LogP contribution in [0.1, 0.15) is 15.9 Å². The van der Waals surface area contributed by atoms with E-state index in [9.17, 15) is 4.79 Å². The molecule has 6 heteroatoms. The van der Waals surface area contributed by atoms with Gasteiger partial charge < -0.3 is 9.84 Å². The maximum atomic E-state index is 11.0. The fourth-order valence-electron chi connectivity index (χ4n) is 1.34. The second-order valence-electron chi connectivity index (χ2n) is 3.27. The van der Waals surface area contributed by atoms with E-state index in [2.05, 4.69) is 20.9 Å². The smallest absolute Gasteiger partial charge is 0.336 e. The molecule has 2 aromatic rings. The fourth-order valence-corrected chi connectivity index (χ4v) is 2.44. The van der Waals surface area contributed by atoms with E-state index in [1.807, 2.05) is 0 Å². The first-order valence-electron chi connectivity index (χ1n) is 4.69. The Balaban J connectivity index is 2.33. The van der Waals surface area contributed by atoms with Crippen molar-refractivity contribution >= 4 is 33.2 Å². The quantitative estimate of drug-likeness (QED) is 0.938. The summed E-state index contributed by atoms with van der Waals surface area (Å²) in [5, 5.41) is 11.3. The van der Waals surface area contributed by atoms with E-state index in [1.165, 1.54) is 11.3 Å². The summed E-state index contributed by atoms with van der Waals surface area (Å²) in [5.74, 6) is -0.458. The maximum absolute atomic E-state index is 11.0. The van der Waals surface area contributed by atoms with Crippen molar-refractivity contribution in [2.24, 2.45) is 0 Å². The van der Waals surface area contributed by atoms with Crippen molar-refractivity contribution in [2.45, 2.75) is 6.92 Å². The van der Waals surface area contributed by atoms with Gasteiger partial charge in [0, 0.05) is 10.9 Å². The van der Waals surface area contributed by atoms with E-state index >= 15 is 0 Å². The van der Waals surface area contributed by atoms with Crippen LogP contribution in [0, 0.1) is 6.92 Å². The minimum absolute atomic E-state index is 0.234. The van der Waals surface area contributed by atoms with Gasteiger partial charge in [0.1, 0.15) is 10.4 Å². The first-order chi connectivity index (χ1) is 8.08. The molecular formula is C11H8BrNO3S. The zero-order chi connectivity index (χ0) is 12.4. The van der Waals surface area contributed by atoms with Gasteiger partial charge in [-0.05, 0) is 35.0 Å². The lowest BCUT2D eigenvalue weighted by molar-refractivity contribution is 0.0695. The van der Waals surface area contributed by atoms with Crippen LogP contribution in [0.3, 0.4) is 0 Å². The van der Waals surface area contributed by atoms with Crippen LogP contribution in [-0.4, -0.2) is 16.1 Å². The predicted molar refractivity (Wildman–Crippen MR) is 68.0 cm³/mol. The van der Waals surface area contributed by atoms with Gasteiger partial charge in [0.2, 0.25) is 0 Å². The molecule has 0 saturated carbocycles. The number of carbonyl (C=O) groups is 1. The van der Waals surface area contributed by atoms with Crippen molar-refractivity contribution in [2.75, 3.05) is 0 Å². The van der Waals surface area contributed by atoms with Crippen LogP contribution >= 0.6 is 27.3 Å². The molecule has 0 saturated heterocycles. The summed E-state index contributed by atoms with van der Waals surface area (Å²) in [5.41, 5.74) is 0.824. The van der Waals surface area contributed by atoms with Gasteiger partial charge in [0.15, 0.2) is 0 Å². The van der Waals surface area contributed by atoms with Crippen molar-refractivity contribution in [3.8, 4) is 10.9 Å². The molecule has 17 heavy (non-hydrogen) atoms. The van der Waals surface area contributed by atoms with E-state index in [4.69, 9.17) is 9.84 Å². The normalized spacial score (nSPS) is 10.2. The van der Waals surface area contributed by atoms with Crippen LogP contribution in [0.4, 0.5) is 0 Å². The minimum atomic E-state index is -0.965. The third-order valence-corrected chi connectivity index (χ3v) is 3.59. The second-order valence-corrected chi connectivity index (χ2v) is 4.91. The van der Waals surface area contributed by atoms with Crippen molar-refractivity contribution < 1.29 is 14.6 Å². The number of hydrogen-bond acceptors (Lipinski definition) is 4. The number of aromatic carboxylic acids is 1. The van der Waals surface area contributed by atoms with Gasteiger partial charge in [0.25, 0.3) is 5.19 Å². The molecular weight excluding hydrogens is 306 g/mol. The molecule has 88 valence electrons. The van der Waals surface area contributed by atoms with E-state index in [-0.39, 0.29) is 5.56 Å². The molecule has 0 amide bonds. The number of nitrogens with zero attached hydrogens (tertiary/aromatic N) is 1. The van der Waals surface area contributed by atoms with E-state index < -0.39 is 5.97 Å². The standard InChI is InChI=1S/C11H8BrNO3S/c1-6-7(10(14)15)3-2-4-8(6)16-11-13-9(12)5-17-11/h2-5H,1H3,(H,14,15). The number of aromatic nitrogens is 1. The Morgan fingerprint density at radius 1 is 1.53 bits per heavy atom. The highest BCUT2D eigenvalue weighted by Crippen LogP contribution is 2.30. The van der Waals surface area contributed by atoms with Gasteiger partial charge in [-0.3, -0.25) is 0 Å². The fraction of sp³-hybridized carbons (Fsp3) is 0.0909. The van der Waals surface area contributed by atoms with Gasteiger partial charge in [-0.15, -0.1) is 0 Å². The number of thiazole rings is 1. The average molecular weight is 314 g/mol. The molecule has 1 aromatic heterocycles. The SMILES string of the molecule is Cc1c(Oc2nc(Br)cs2)cccc1C(=O)O. The summed E-state index contributed by atoms with van der Waals surface area (Å²) in [6.45, 7) is 1.71. The Bertz CT molecular complexity index is 568. The van der Waals surface area contributed by atoms with Gasteiger partial charge in [-0.1, -0.05) is 17.4 Å². The van der Waals surface area contributed by atoms with Crippen molar-refractivity contribution in [1.29, 1.82) is 0 Å². The highest BCUT2D eigenvalue weighted by atomic mass is 79.9. The molecule has 0 aliphatic heterocycles. The number of carboxylic acids is 1. The molecule has 0 unspecified atom stereocenters. The molecule has 0 aliphatic carbocycles. The minimum Gasteiger partial charge on any atom is -0.478 e. The molecule has 0 atom stereocenters. The van der Waals surface area contributed by atoms with Crippen LogP contribution in [0.5, 0.6) is 10.9 Å². The number of hydrogen-bond donors (Lipinski definition) is 1. The van der Waals surface area contributed by atoms with E-state index in [0.717, 1.165) is 0 Å². The molecule has 1 heterocycles. The van der Waals surface area contributed by atoms with Crippen LogP contribution in [0.25, 0.3) is 0 Å². The van der Waals surface area contributed by atoms with Gasteiger partial charge in [0.05, 0.1) is 5.56 Å². The third-order valence-electron chi connectivity index (χ3n) is 2.17. The third kappa shape index (κ3) is 2.65. The summed E-state index contributed by atoms with van der Waals surface area (Å²) < 4.78 is 6.23. The molecule has 0 radical (unpaired) electrons. The number of benzene rings is 1. The van der Waals surface area contributed by atoms with Gasteiger partial charge >= 0.3 is 5.97 Å². The molecule has 4 nitrogen and oxygen atoms in total. The topological polar surface area (TPSA) is 59.4 Å². The largest absolute Gasteiger partial charge is 0.478 e. The first-order valence-corrected chi connectivity index (χ1v) is 6.37. The summed E-state index contributed by atoms with van der Waals surface area (Å²) in [4.78, 5) is 15.0. The predicted octanol–water partition coefficient (Wildman–Crippen LogP) is 3.70. The summed E-state index contributed by atoms with van der Waals surface area (Å²) in [7, 11) is 0. The molecule has 0 bridgehead atoms. The molecule has 0 aliphatic rings. The van der Waals surface area contributed by atoms with E-state index in [1.54, 1.807) is 30.5 Å². The zero-order valence-electron chi connectivity index (χ0n) is 8.81. The Labute approximate surface area is 110 Å². The van der Waals surface area contributed by atoms with Crippen LogP contribution in [-0.2, 0) is 0 Å². The number of ether oxygens (including phenoxy) is 1. The van der Waals surface area contributed by atoms with Gasteiger partial charge in [-0.2, -0.15) is 4.98 Å². The van der Waals surface area contributed by atoms with E-state index in [0.29, 0.717) is 21.1 Å². The average Bonchev–Trinajstić information content (AvgIpc) is 2.67. The van der Waals surface area contributed by atoms with Crippen molar-refractivity contribution in [3.63, 3.8) is 0 Å². The summed E-state index contributed by atoms with van der Waals surface area (Å²) >= 11 is 4.57. The summed E-state index contributed by atoms with van der Waals surface area (Å²) in [6, 6.07) is 4.91. The monoisotopic (exact) mass is 313 g/mol. The van der Waals surface area contributed by atoms with Gasteiger partial charge in [-0.25, -0.2) is 4.79 Å². The lowest BCUT2D eigenvalue weighted by atomic mass is 10.1. The lowest BCUT2D eigenvalue weighted by Gasteiger charge is -2.07. The lowest BCUT2D eigenvalue weighted by Crippen LogP contribution is -2.00. The van der Waals surface area contributed by atoms with Crippen LogP contribution in [0.15, 0.2) is 28.2 Å². The van der Waals surface area contributed by atoms with Crippen LogP contribution in [0.2, 0.25) is 0 Å². The Morgan fingerprint density at radius 3 is 2.88 bits per heavy atom. The first kappa shape index (κ1) is 12.1. The summed E-state index contributed by atoms with van der Waals surface area (Å²) in [6.07, 6.45) is 0. The molecule has 0 spiro atoms. The number of carboxylic acid groups (broad SMARTS) is 1. The highest BCUT2D eigenvalue weighted by Gasteiger charge is 2.12. The Morgan fingerprint density at radius 2 is 2.29 bits per heavy atom. The van der Waals surface area contributed by atoms with Crippen LogP contribution < -0.4 is 4.74 Å². The number of rotatable bonds is 3. The van der Waals surface area contributed by atoms with Crippen molar-refractivity contribution in [1.82, 2.24) is 4.98 Å². The number of halogens is 1. The van der Waals surface area contributed by atoms with Crippen molar-refractivity contribution in [3.05, 3.63) is 39.3 Å². The Kier molecular flexibility index (Phi) is 3.44. The molecule has 0 fully saturated rings.